The van der Waals surface area contributed by atoms with E-state index in [1.165, 1.54) is 11.3 Å². The number of imidazole rings is 1. The van der Waals surface area contributed by atoms with E-state index in [-0.39, 0.29) is 0 Å². The molecular formula is C25H25N6O2-. The number of benzene rings is 2. The molecule has 1 N–H and O–H groups in total. The van der Waals surface area contributed by atoms with Gasteiger partial charge in [0, 0.05) is 55.2 Å². The molecule has 2 aromatic heterocycles. The quantitative estimate of drug-likeness (QED) is 0.515. The van der Waals surface area contributed by atoms with Crippen LogP contribution in [0.25, 0.3) is 16.9 Å². The second-order valence-corrected chi connectivity index (χ2v) is 8.50. The van der Waals surface area contributed by atoms with Gasteiger partial charge >= 0.3 is 0 Å². The zero-order valence-corrected chi connectivity index (χ0v) is 18.3. The standard InChI is InChI=1S/C25H25N6O2/c32-31-9-7-18-1-2-19(15-20(18)16-31)23-17-30-10-8-26-25(30)24(28-23)27-21-3-5-22(6-4-21)29-11-13-33-14-12-29/h1-6,8,10,15,17H,7,9,11-14,16H2,(H,27,28)/q-1. The summed E-state index contributed by atoms with van der Waals surface area (Å²) in [4.78, 5) is 11.7. The van der Waals surface area contributed by atoms with Crippen LogP contribution < -0.4 is 10.2 Å². The highest BCUT2D eigenvalue weighted by Crippen LogP contribution is 2.29. The molecule has 33 heavy (non-hydrogen) atoms. The molecule has 6 rings (SSSR count). The van der Waals surface area contributed by atoms with E-state index in [4.69, 9.17) is 9.72 Å². The molecule has 2 aliphatic heterocycles. The zero-order chi connectivity index (χ0) is 22.2. The molecule has 2 aromatic carbocycles. The summed E-state index contributed by atoms with van der Waals surface area (Å²) in [5.41, 5.74) is 7.05. The predicted molar refractivity (Wildman–Crippen MR) is 129 cm³/mol. The molecule has 0 saturated carbocycles. The van der Waals surface area contributed by atoms with E-state index in [1.54, 1.807) is 6.20 Å². The van der Waals surface area contributed by atoms with Gasteiger partial charge in [-0.15, -0.1) is 0 Å². The van der Waals surface area contributed by atoms with E-state index >= 15 is 0 Å². The summed E-state index contributed by atoms with van der Waals surface area (Å²) in [6, 6.07) is 14.7. The minimum atomic E-state index is 0.428. The second kappa shape index (κ2) is 8.47. The maximum absolute atomic E-state index is 11.9. The minimum absolute atomic E-state index is 0.428. The van der Waals surface area contributed by atoms with Crippen LogP contribution in [-0.4, -0.2) is 52.3 Å². The number of ether oxygens (including phenoxy) is 1. The molecule has 1 fully saturated rings. The third-order valence-electron chi connectivity index (χ3n) is 6.36. The lowest BCUT2D eigenvalue weighted by Gasteiger charge is -2.33. The molecule has 0 spiro atoms. The number of hydroxylamine groups is 2. The van der Waals surface area contributed by atoms with Gasteiger partial charge in [0.1, 0.15) is 0 Å². The van der Waals surface area contributed by atoms with E-state index in [0.29, 0.717) is 18.9 Å². The lowest BCUT2D eigenvalue weighted by molar-refractivity contribution is 0.122. The average molecular weight is 442 g/mol. The number of nitrogens with zero attached hydrogens (tertiary/aromatic N) is 5. The molecule has 0 unspecified atom stereocenters. The van der Waals surface area contributed by atoms with Crippen molar-refractivity contribution in [1.29, 1.82) is 0 Å². The summed E-state index contributed by atoms with van der Waals surface area (Å²) >= 11 is 0. The number of anilines is 3. The number of rotatable bonds is 4. The molecule has 4 aromatic rings. The molecule has 1 saturated heterocycles. The van der Waals surface area contributed by atoms with E-state index in [1.807, 2.05) is 16.8 Å². The Morgan fingerprint density at radius 1 is 0.970 bits per heavy atom. The Balaban J connectivity index is 1.31. The molecule has 168 valence electrons. The maximum Gasteiger partial charge on any atom is 0.180 e. The number of aromatic nitrogens is 3. The molecule has 0 aliphatic carbocycles. The van der Waals surface area contributed by atoms with Crippen LogP contribution in [0, 0.1) is 5.21 Å². The highest BCUT2D eigenvalue weighted by molar-refractivity contribution is 5.74. The van der Waals surface area contributed by atoms with Crippen LogP contribution in [0.1, 0.15) is 11.1 Å². The third-order valence-corrected chi connectivity index (χ3v) is 6.36. The fourth-order valence-electron chi connectivity index (χ4n) is 4.56. The predicted octanol–water partition coefficient (Wildman–Crippen LogP) is 3.83. The first kappa shape index (κ1) is 20.2. The maximum atomic E-state index is 11.9. The van der Waals surface area contributed by atoms with Crippen molar-refractivity contribution in [2.45, 2.75) is 13.0 Å². The fourth-order valence-corrected chi connectivity index (χ4v) is 4.56. The van der Waals surface area contributed by atoms with Gasteiger partial charge in [-0.1, -0.05) is 12.1 Å². The lowest BCUT2D eigenvalue weighted by atomic mass is 9.97. The fraction of sp³-hybridized carbons (Fsp3) is 0.280. The van der Waals surface area contributed by atoms with Crippen molar-refractivity contribution < 1.29 is 4.74 Å². The van der Waals surface area contributed by atoms with Gasteiger partial charge in [-0.05, 0) is 54.4 Å². The Morgan fingerprint density at radius 3 is 2.67 bits per heavy atom. The molecule has 4 heterocycles. The van der Waals surface area contributed by atoms with Crippen molar-refractivity contribution in [3.8, 4) is 11.3 Å². The van der Waals surface area contributed by atoms with Crippen molar-refractivity contribution in [3.63, 3.8) is 0 Å². The highest BCUT2D eigenvalue weighted by Gasteiger charge is 2.15. The number of hydrogen-bond acceptors (Lipinski definition) is 7. The van der Waals surface area contributed by atoms with Crippen molar-refractivity contribution in [2.75, 3.05) is 43.1 Å². The van der Waals surface area contributed by atoms with Crippen molar-refractivity contribution in [3.05, 3.63) is 77.4 Å². The Kier molecular flexibility index (Phi) is 5.18. The van der Waals surface area contributed by atoms with Crippen molar-refractivity contribution in [2.24, 2.45) is 0 Å². The first-order chi connectivity index (χ1) is 16.2. The molecule has 0 amide bonds. The van der Waals surface area contributed by atoms with Gasteiger partial charge in [0.2, 0.25) is 0 Å². The Labute approximate surface area is 192 Å². The van der Waals surface area contributed by atoms with Gasteiger partial charge in [0.05, 0.1) is 18.9 Å². The molecule has 8 nitrogen and oxygen atoms in total. The molecular weight excluding hydrogens is 416 g/mol. The normalized spacial score (nSPS) is 16.7. The first-order valence-corrected chi connectivity index (χ1v) is 11.3. The molecule has 0 bridgehead atoms. The second-order valence-electron chi connectivity index (χ2n) is 8.50. The van der Waals surface area contributed by atoms with Gasteiger partial charge in [-0.25, -0.2) is 9.97 Å². The van der Waals surface area contributed by atoms with Crippen molar-refractivity contribution >= 4 is 22.8 Å². The van der Waals surface area contributed by atoms with Crippen LogP contribution in [0.4, 0.5) is 17.2 Å². The van der Waals surface area contributed by atoms with Crippen LogP contribution >= 0.6 is 0 Å². The van der Waals surface area contributed by atoms with Gasteiger partial charge in [-0.3, -0.25) is 0 Å². The summed E-state index contributed by atoms with van der Waals surface area (Å²) in [7, 11) is 0. The molecule has 0 atom stereocenters. The molecule has 2 aliphatic rings. The Hall–Kier alpha value is -3.46. The molecule has 0 radical (unpaired) electrons. The van der Waals surface area contributed by atoms with Gasteiger partial charge in [0.25, 0.3) is 0 Å². The molecule has 8 heteroatoms. The smallest absolute Gasteiger partial charge is 0.180 e. The van der Waals surface area contributed by atoms with Crippen molar-refractivity contribution in [1.82, 2.24) is 19.4 Å². The van der Waals surface area contributed by atoms with E-state index in [2.05, 4.69) is 57.7 Å². The number of morpholine rings is 1. The number of nitrogens with one attached hydrogen (secondary N) is 1. The average Bonchev–Trinajstić information content (AvgIpc) is 3.34. The van der Waals surface area contributed by atoms with Crippen LogP contribution in [0.15, 0.2) is 61.1 Å². The van der Waals surface area contributed by atoms with E-state index < -0.39 is 0 Å². The summed E-state index contributed by atoms with van der Waals surface area (Å²) in [6.45, 7) is 4.35. The van der Waals surface area contributed by atoms with Gasteiger partial charge in [0.15, 0.2) is 11.5 Å². The van der Waals surface area contributed by atoms with E-state index in [9.17, 15) is 5.21 Å². The SMILES string of the molecule is [O-]N1CCc2ccc(-c3cn4ccnc4c(Nc4ccc(N5CCOCC5)cc4)n3)cc2C1. The number of hydrogen-bond donors (Lipinski definition) is 1. The Morgan fingerprint density at radius 2 is 1.82 bits per heavy atom. The van der Waals surface area contributed by atoms with Crippen LogP contribution in [0.5, 0.6) is 0 Å². The van der Waals surface area contributed by atoms with Crippen LogP contribution in [0.3, 0.4) is 0 Å². The minimum Gasteiger partial charge on any atom is -0.785 e. The van der Waals surface area contributed by atoms with Crippen LogP contribution in [-0.2, 0) is 17.7 Å². The van der Waals surface area contributed by atoms with E-state index in [0.717, 1.165) is 65.9 Å². The monoisotopic (exact) mass is 441 g/mol. The topological polar surface area (TPSA) is 81.0 Å². The zero-order valence-electron chi connectivity index (χ0n) is 18.3. The Bertz CT molecular complexity index is 1280. The van der Waals surface area contributed by atoms with Gasteiger partial charge in [-0.2, -0.15) is 0 Å². The summed E-state index contributed by atoms with van der Waals surface area (Å²) < 4.78 is 7.43. The highest BCUT2D eigenvalue weighted by atomic mass is 16.5. The summed E-state index contributed by atoms with van der Waals surface area (Å²) in [5.74, 6) is 0.694. The largest absolute Gasteiger partial charge is 0.785 e. The summed E-state index contributed by atoms with van der Waals surface area (Å²) in [6.07, 6.45) is 6.47. The summed E-state index contributed by atoms with van der Waals surface area (Å²) in [5, 5.41) is 16.4. The lowest BCUT2D eigenvalue weighted by Crippen LogP contribution is -2.36. The van der Waals surface area contributed by atoms with Crippen LogP contribution in [0.2, 0.25) is 0 Å². The third kappa shape index (κ3) is 4.04. The first-order valence-electron chi connectivity index (χ1n) is 11.3. The number of fused-ring (bicyclic) bond motifs is 2. The van der Waals surface area contributed by atoms with Gasteiger partial charge < -0.3 is 29.6 Å².